The van der Waals surface area contributed by atoms with E-state index in [2.05, 4.69) is 4.74 Å². The van der Waals surface area contributed by atoms with Crippen LogP contribution >= 0.6 is 0 Å². The van der Waals surface area contributed by atoms with Gasteiger partial charge < -0.3 is 9.84 Å². The summed E-state index contributed by atoms with van der Waals surface area (Å²) in [6.45, 7) is 2.78. The number of methoxy groups -OCH3 is 1. The zero-order valence-corrected chi connectivity index (χ0v) is 10.7. The zero-order valence-electron chi connectivity index (χ0n) is 10.7. The van der Waals surface area contributed by atoms with Crippen LogP contribution in [-0.2, 0) is 16.0 Å². The highest BCUT2D eigenvalue weighted by Crippen LogP contribution is 2.36. The number of benzene rings is 1. The molecule has 0 atom stereocenters. The van der Waals surface area contributed by atoms with E-state index in [1.54, 1.807) is 0 Å². The monoisotopic (exact) mass is 267 g/mol. The van der Waals surface area contributed by atoms with Crippen LogP contribution in [0, 0.1) is 17.0 Å². The number of hydrogen-bond donors (Lipinski definition) is 1. The molecule has 0 spiro atoms. The highest BCUT2D eigenvalue weighted by molar-refractivity contribution is 5.96. The Morgan fingerprint density at radius 1 is 1.47 bits per heavy atom. The number of ether oxygens (including phenoxy) is 1. The highest BCUT2D eigenvalue weighted by atomic mass is 16.6. The molecule has 7 nitrogen and oxygen atoms in total. The second kappa shape index (κ2) is 5.47. The fourth-order valence-electron chi connectivity index (χ4n) is 1.83. The van der Waals surface area contributed by atoms with Gasteiger partial charge in [-0.3, -0.25) is 14.9 Å². The van der Waals surface area contributed by atoms with Gasteiger partial charge in [0.1, 0.15) is 11.3 Å². The number of nitro groups is 1. The number of ketones is 1. The summed E-state index contributed by atoms with van der Waals surface area (Å²) in [6, 6.07) is 1.34. The summed E-state index contributed by atoms with van der Waals surface area (Å²) in [5.41, 5.74) is -0.519. The van der Waals surface area contributed by atoms with E-state index in [0.29, 0.717) is 5.56 Å². The molecular weight excluding hydrogens is 254 g/mol. The van der Waals surface area contributed by atoms with Crippen molar-refractivity contribution in [2.75, 3.05) is 7.11 Å². The van der Waals surface area contributed by atoms with E-state index in [4.69, 9.17) is 0 Å². The summed E-state index contributed by atoms with van der Waals surface area (Å²) in [5, 5.41) is 20.9. The molecule has 0 aromatic heterocycles. The Morgan fingerprint density at radius 2 is 2.05 bits per heavy atom. The third-order valence-electron chi connectivity index (χ3n) is 2.56. The van der Waals surface area contributed by atoms with E-state index in [-0.39, 0.29) is 23.3 Å². The van der Waals surface area contributed by atoms with E-state index in [1.165, 1.54) is 19.9 Å². The molecule has 1 rings (SSSR count). The second-order valence-corrected chi connectivity index (χ2v) is 4.05. The van der Waals surface area contributed by atoms with Crippen molar-refractivity contribution >= 4 is 17.4 Å². The minimum atomic E-state index is -0.868. The lowest BCUT2D eigenvalue weighted by atomic mass is 9.98. The minimum absolute atomic E-state index is 0.0696. The number of hydrogen-bond acceptors (Lipinski definition) is 6. The topological polar surface area (TPSA) is 107 Å². The van der Waals surface area contributed by atoms with E-state index in [0.717, 1.165) is 7.11 Å². The normalized spacial score (nSPS) is 10.1. The summed E-state index contributed by atoms with van der Waals surface area (Å²) in [5.74, 6) is -1.92. The van der Waals surface area contributed by atoms with Crippen molar-refractivity contribution in [3.05, 3.63) is 32.9 Å². The van der Waals surface area contributed by atoms with Crippen LogP contribution in [0.2, 0.25) is 0 Å². The molecule has 0 bridgehead atoms. The largest absolute Gasteiger partial charge is 0.501 e. The van der Waals surface area contributed by atoms with Crippen LogP contribution in [0.25, 0.3) is 0 Å². The molecule has 0 aliphatic rings. The third kappa shape index (κ3) is 2.87. The first-order chi connectivity index (χ1) is 8.79. The summed E-state index contributed by atoms with van der Waals surface area (Å²) in [6.07, 6.45) is -0.188. The quantitative estimate of drug-likeness (QED) is 0.503. The molecule has 0 saturated heterocycles. The molecule has 1 N–H and O–H groups in total. The SMILES string of the molecule is COC(=O)c1c(C)cc(CC(C)=O)c([N+](=O)[O-])c1O. The molecule has 0 radical (unpaired) electrons. The molecule has 1 aromatic carbocycles. The predicted octanol–water partition coefficient (Wildman–Crippen LogP) is 1.53. The molecule has 102 valence electrons. The molecule has 0 aliphatic heterocycles. The van der Waals surface area contributed by atoms with E-state index in [9.17, 15) is 24.8 Å². The van der Waals surface area contributed by atoms with Crippen LogP contribution in [0.3, 0.4) is 0 Å². The van der Waals surface area contributed by atoms with Crippen LogP contribution in [0.1, 0.15) is 28.4 Å². The molecule has 0 saturated carbocycles. The van der Waals surface area contributed by atoms with Gasteiger partial charge in [0.2, 0.25) is 5.75 Å². The summed E-state index contributed by atoms with van der Waals surface area (Å²) in [7, 11) is 1.11. The van der Waals surface area contributed by atoms with Gasteiger partial charge >= 0.3 is 11.7 Å². The van der Waals surface area contributed by atoms with Gasteiger partial charge in [-0.2, -0.15) is 0 Å². The minimum Gasteiger partial charge on any atom is -0.501 e. The van der Waals surface area contributed by atoms with Gasteiger partial charge in [0.25, 0.3) is 0 Å². The summed E-state index contributed by atoms with van der Waals surface area (Å²) in [4.78, 5) is 32.7. The van der Waals surface area contributed by atoms with Crippen molar-refractivity contribution in [3.63, 3.8) is 0 Å². The summed E-state index contributed by atoms with van der Waals surface area (Å²) < 4.78 is 4.47. The lowest BCUT2D eigenvalue weighted by Crippen LogP contribution is -2.09. The lowest BCUT2D eigenvalue weighted by Gasteiger charge is -2.10. The van der Waals surface area contributed by atoms with Crippen LogP contribution in [0.5, 0.6) is 5.75 Å². The van der Waals surface area contributed by atoms with Gasteiger partial charge in [-0.1, -0.05) is 0 Å². The number of phenols is 1. The Bertz CT molecular complexity index is 564. The van der Waals surface area contributed by atoms with Crippen molar-refractivity contribution < 1.29 is 24.4 Å². The molecular formula is C12H13NO6. The molecule has 0 aliphatic carbocycles. The van der Waals surface area contributed by atoms with Crippen molar-refractivity contribution in [3.8, 4) is 5.75 Å². The van der Waals surface area contributed by atoms with Gasteiger partial charge in [0.05, 0.1) is 12.0 Å². The van der Waals surface area contributed by atoms with Gasteiger partial charge in [0, 0.05) is 12.0 Å². The van der Waals surface area contributed by atoms with Crippen LogP contribution in [-0.4, -0.2) is 28.9 Å². The fraction of sp³-hybridized carbons (Fsp3) is 0.333. The average molecular weight is 267 g/mol. The number of nitro benzene ring substituents is 1. The number of carbonyl (C=O) groups is 2. The molecule has 0 amide bonds. The molecule has 0 heterocycles. The number of aromatic hydroxyl groups is 1. The number of carbonyl (C=O) groups excluding carboxylic acids is 2. The van der Waals surface area contributed by atoms with Gasteiger partial charge in [-0.25, -0.2) is 4.79 Å². The molecule has 19 heavy (non-hydrogen) atoms. The van der Waals surface area contributed by atoms with E-state index in [1.807, 2.05) is 0 Å². The van der Waals surface area contributed by atoms with E-state index >= 15 is 0 Å². The second-order valence-electron chi connectivity index (χ2n) is 4.05. The first kappa shape index (κ1) is 14.6. The standard InChI is InChI=1S/C12H13NO6/c1-6-4-8(5-7(2)14)10(13(17)18)11(15)9(6)12(16)19-3/h4,15H,5H2,1-3H3. The number of nitrogens with zero attached hydrogens (tertiary/aromatic N) is 1. The van der Waals surface area contributed by atoms with Gasteiger partial charge in [-0.15, -0.1) is 0 Å². The first-order valence-corrected chi connectivity index (χ1v) is 5.37. The number of rotatable bonds is 4. The van der Waals surface area contributed by atoms with Crippen molar-refractivity contribution in [2.45, 2.75) is 20.3 Å². The van der Waals surface area contributed by atoms with Crippen molar-refractivity contribution in [1.82, 2.24) is 0 Å². The molecule has 0 fully saturated rings. The third-order valence-corrected chi connectivity index (χ3v) is 2.56. The predicted molar refractivity (Wildman–Crippen MR) is 65.2 cm³/mol. The number of aryl methyl sites for hydroxylation is 1. The van der Waals surface area contributed by atoms with Gasteiger partial charge in [-0.05, 0) is 25.5 Å². The zero-order chi connectivity index (χ0) is 14.7. The van der Waals surface area contributed by atoms with Crippen LogP contribution in [0.4, 0.5) is 5.69 Å². The van der Waals surface area contributed by atoms with E-state index < -0.39 is 22.3 Å². The Hall–Kier alpha value is -2.44. The Morgan fingerprint density at radius 3 is 2.47 bits per heavy atom. The lowest BCUT2D eigenvalue weighted by molar-refractivity contribution is -0.386. The van der Waals surface area contributed by atoms with Crippen LogP contribution < -0.4 is 0 Å². The smallest absolute Gasteiger partial charge is 0.342 e. The Labute approximate surface area is 109 Å². The average Bonchev–Trinajstić information content (AvgIpc) is 2.26. The first-order valence-electron chi connectivity index (χ1n) is 5.37. The van der Waals surface area contributed by atoms with Crippen molar-refractivity contribution in [1.29, 1.82) is 0 Å². The highest BCUT2D eigenvalue weighted by Gasteiger charge is 2.28. The fourth-order valence-corrected chi connectivity index (χ4v) is 1.83. The number of esters is 1. The summed E-state index contributed by atoms with van der Waals surface area (Å²) >= 11 is 0. The molecule has 0 unspecified atom stereocenters. The maximum absolute atomic E-state index is 11.5. The number of phenolic OH excluding ortho intramolecular Hbond substituents is 1. The van der Waals surface area contributed by atoms with Crippen LogP contribution in [0.15, 0.2) is 6.07 Å². The number of Topliss-reactive ketones (excluding diaryl/α,β-unsaturated/α-hetero) is 1. The molecule has 1 aromatic rings. The Balaban J connectivity index is 3.58. The van der Waals surface area contributed by atoms with Gasteiger partial charge in [0.15, 0.2) is 0 Å². The maximum Gasteiger partial charge on any atom is 0.342 e. The molecule has 7 heteroatoms. The Kier molecular flexibility index (Phi) is 4.21. The van der Waals surface area contributed by atoms with Crippen molar-refractivity contribution in [2.24, 2.45) is 0 Å². The maximum atomic E-state index is 11.5.